The van der Waals surface area contributed by atoms with Crippen LogP contribution in [0.1, 0.15) is 118 Å². The summed E-state index contributed by atoms with van der Waals surface area (Å²) in [5.74, 6) is 0. The van der Waals surface area contributed by atoms with Gasteiger partial charge in [0, 0.05) is 49.6 Å². The minimum absolute atomic E-state index is 0.0568. The van der Waals surface area contributed by atoms with Crippen molar-refractivity contribution >= 4 is 113 Å². The normalized spacial score (nSPS) is 13.7. The number of thiophene rings is 1. The van der Waals surface area contributed by atoms with E-state index in [1.165, 1.54) is 11.1 Å². The molecule has 0 aliphatic heterocycles. The van der Waals surface area contributed by atoms with E-state index in [9.17, 15) is 8.22 Å². The zero-order chi connectivity index (χ0) is 71.0. The monoisotopic (exact) mass is 1240 g/mol. The fourth-order valence-electron chi connectivity index (χ4n) is 12.1. The van der Waals surface area contributed by atoms with Crippen molar-refractivity contribution in [2.24, 2.45) is 0 Å². The second-order valence-corrected chi connectivity index (χ2v) is 32.4. The average Bonchev–Trinajstić information content (AvgIpc) is 1.72. The van der Waals surface area contributed by atoms with Crippen LogP contribution < -0.4 is 35.4 Å². The van der Waals surface area contributed by atoms with Crippen molar-refractivity contribution in [1.82, 2.24) is 0 Å². The molecule has 0 spiro atoms. The van der Waals surface area contributed by atoms with E-state index in [2.05, 4.69) is 287 Å². The Kier molecular flexibility index (Phi) is 14.0. The molecule has 0 saturated carbocycles. The van der Waals surface area contributed by atoms with Gasteiger partial charge in [-0.25, -0.2) is 0 Å². The van der Waals surface area contributed by atoms with E-state index >= 15 is 0 Å². The van der Waals surface area contributed by atoms with E-state index in [0.717, 1.165) is 71.6 Å². The van der Waals surface area contributed by atoms with Crippen molar-refractivity contribution in [2.75, 3.05) is 14.7 Å². The van der Waals surface area contributed by atoms with Gasteiger partial charge >= 0.3 is 0 Å². The Morgan fingerprint density at radius 1 is 0.344 bits per heavy atom. The minimum atomic E-state index is -3.61. The van der Waals surface area contributed by atoms with Crippen LogP contribution in [0.4, 0.5) is 51.2 Å². The SMILES string of the molecule is [2H]c1sc2c([2H])c([2H])c(-c3c([2H])c([2H])c([2H])c([2H])c3[2H])c([2H])c2c1N(c1ccc(C(C)(C)C)cc1)c1cc([Si](c2ccccc2)(c2ccccc2)c2ccccc2)cc(N(c2ccc(C(C)(C)C)cc2)c2cccc(N(c3ccc(C(C)(C)C)cc3)c3ccc(C(C)(C)C)cc3)c2)c1Cl. The number of hydrogen-bond acceptors (Lipinski definition) is 4. The van der Waals surface area contributed by atoms with Gasteiger partial charge in [-0.05, 0) is 167 Å². The van der Waals surface area contributed by atoms with Crippen molar-refractivity contribution in [3.8, 4) is 11.1 Å². The molecule has 0 aliphatic rings. The highest BCUT2D eigenvalue weighted by Crippen LogP contribution is 2.51. The highest BCUT2D eigenvalue weighted by Gasteiger charge is 2.43. The molecule has 0 amide bonds. The minimum Gasteiger partial charge on any atom is -0.310 e. The Morgan fingerprint density at radius 3 is 1.13 bits per heavy atom. The van der Waals surface area contributed by atoms with Crippen LogP contribution in [0.25, 0.3) is 21.2 Å². The molecular weight excluding hydrogens is 1150 g/mol. The molecule has 11 aromatic carbocycles. The lowest BCUT2D eigenvalue weighted by Gasteiger charge is -2.38. The van der Waals surface area contributed by atoms with Gasteiger partial charge in [0.05, 0.1) is 34.4 Å². The molecule has 0 fully saturated rings. The zero-order valence-electron chi connectivity index (χ0n) is 62.5. The molecule has 0 bridgehead atoms. The first-order valence-electron chi connectivity index (χ1n) is 35.4. The third-order valence-corrected chi connectivity index (χ3v) is 23.1. The smallest absolute Gasteiger partial charge is 0.179 e. The first-order chi connectivity index (χ1) is 46.8. The molecule has 0 radical (unpaired) electrons. The lowest BCUT2D eigenvalue weighted by atomic mass is 9.86. The number of halogens is 1. The van der Waals surface area contributed by atoms with E-state index < -0.39 is 44.3 Å². The summed E-state index contributed by atoms with van der Waals surface area (Å²) < 4.78 is 84.7. The molecule has 0 aliphatic carbocycles. The topological polar surface area (TPSA) is 9.72 Å². The summed E-state index contributed by atoms with van der Waals surface area (Å²) in [6.45, 7) is 26.4. The fraction of sp³-hybridized carbons (Fsp3) is 0.190. The van der Waals surface area contributed by atoms with E-state index in [-0.39, 0.29) is 71.0 Å². The lowest BCUT2D eigenvalue weighted by molar-refractivity contribution is 0.590. The summed E-state index contributed by atoms with van der Waals surface area (Å²) in [6, 6.07) is 74.9. The van der Waals surface area contributed by atoms with Gasteiger partial charge in [0.2, 0.25) is 0 Å². The summed E-state index contributed by atoms with van der Waals surface area (Å²) in [5, 5.41) is 4.45. The molecule has 0 N–H and O–H groups in total. The number of nitrogens with zero attached hydrogens (tertiary/aromatic N) is 3. The molecule has 1 heterocycles. The molecule has 3 nitrogen and oxygen atoms in total. The average molecular weight is 1240 g/mol. The summed E-state index contributed by atoms with van der Waals surface area (Å²) in [6.07, 6.45) is 0. The van der Waals surface area contributed by atoms with Crippen LogP contribution in [-0.4, -0.2) is 8.07 Å². The van der Waals surface area contributed by atoms with Crippen LogP contribution in [0.15, 0.2) is 278 Å². The standard InChI is InChI=1S/C84H82ClN3SSi/c1-81(2,3)61-37-45-65(46-38-61)86(66-47-39-62(40-48-66)82(4,5)6)69-28-25-29-70(55-69)87(67-49-41-63(42-50-67)83(7,8)9)76-56-74(90(71-30-19-14-20-31-71,72-32-21-15-22-33-72)73-34-23-16-24-35-73)57-77(80(76)85)88(68-51-43-64(44-52-68)84(10,11)12)78-58-89-79-53-36-60(54-75(78)79)59-26-17-13-18-27-59/h13-58H,1-12H3/i13D,17D,18D,26D,27D,36D,53D,54D,58D. The third-order valence-electron chi connectivity index (χ3n) is 17.1. The van der Waals surface area contributed by atoms with Gasteiger partial charge in [0.15, 0.2) is 8.07 Å². The van der Waals surface area contributed by atoms with Crippen molar-refractivity contribution in [3.63, 3.8) is 0 Å². The summed E-state index contributed by atoms with van der Waals surface area (Å²) in [4.78, 5) is 6.44. The molecule has 0 unspecified atom stereocenters. The Balaban J connectivity index is 1.25. The molecule has 90 heavy (non-hydrogen) atoms. The Bertz CT molecular complexity index is 4800. The molecule has 0 atom stereocenters. The first kappa shape index (κ1) is 51.1. The van der Waals surface area contributed by atoms with Crippen LogP contribution in [0.3, 0.4) is 0 Å². The van der Waals surface area contributed by atoms with Crippen LogP contribution >= 0.6 is 22.9 Å². The van der Waals surface area contributed by atoms with Gasteiger partial charge in [-0.3, -0.25) is 0 Å². The number of fused-ring (bicyclic) bond motifs is 1. The first-order valence-corrected chi connectivity index (χ1v) is 34.0. The summed E-state index contributed by atoms with van der Waals surface area (Å²) in [5.41, 5.74) is 9.36. The predicted octanol–water partition coefficient (Wildman–Crippen LogP) is 22.2. The van der Waals surface area contributed by atoms with Crippen molar-refractivity contribution in [1.29, 1.82) is 0 Å². The van der Waals surface area contributed by atoms with Crippen LogP contribution in [0, 0.1) is 0 Å². The number of anilines is 9. The van der Waals surface area contributed by atoms with Gasteiger partial charge < -0.3 is 14.7 Å². The van der Waals surface area contributed by atoms with Crippen molar-refractivity contribution in [2.45, 2.75) is 105 Å². The maximum absolute atomic E-state index is 10.4. The molecular formula is C84H82ClN3SSi. The number of hydrogen-bond donors (Lipinski definition) is 0. The molecule has 0 saturated heterocycles. The van der Waals surface area contributed by atoms with E-state index in [0.29, 0.717) is 17.1 Å². The highest BCUT2D eigenvalue weighted by atomic mass is 35.5. The van der Waals surface area contributed by atoms with Gasteiger partial charge in [0.25, 0.3) is 0 Å². The fourth-order valence-corrected chi connectivity index (χ4v) is 17.9. The second kappa shape index (κ2) is 24.6. The largest absolute Gasteiger partial charge is 0.310 e. The molecule has 12 aromatic rings. The highest BCUT2D eigenvalue weighted by molar-refractivity contribution is 7.20. The van der Waals surface area contributed by atoms with Gasteiger partial charge in [-0.2, -0.15) is 0 Å². The Labute approximate surface area is 558 Å². The van der Waals surface area contributed by atoms with Gasteiger partial charge in [0.1, 0.15) is 0 Å². The molecule has 6 heteroatoms. The second-order valence-electron chi connectivity index (χ2n) is 27.4. The van der Waals surface area contributed by atoms with Gasteiger partial charge in [-0.1, -0.05) is 277 Å². The predicted molar refractivity (Wildman–Crippen MR) is 395 cm³/mol. The number of rotatable bonds is 14. The Morgan fingerprint density at radius 2 is 0.722 bits per heavy atom. The van der Waals surface area contributed by atoms with Crippen LogP contribution in [-0.2, 0) is 21.7 Å². The van der Waals surface area contributed by atoms with Crippen molar-refractivity contribution < 1.29 is 12.3 Å². The summed E-state index contributed by atoms with van der Waals surface area (Å²) >= 11 is 9.64. The maximum Gasteiger partial charge on any atom is 0.179 e. The van der Waals surface area contributed by atoms with Crippen molar-refractivity contribution in [3.05, 3.63) is 305 Å². The Hall–Kier alpha value is -8.71. The van der Waals surface area contributed by atoms with E-state index in [1.807, 2.05) is 35.2 Å². The van der Waals surface area contributed by atoms with E-state index in [4.69, 9.17) is 15.7 Å². The quantitative estimate of drug-likeness (QED) is 0.0794. The van der Waals surface area contributed by atoms with E-state index in [1.54, 1.807) is 0 Å². The zero-order valence-corrected chi connectivity index (χ0v) is 56.1. The third kappa shape index (κ3) is 12.2. The van der Waals surface area contributed by atoms with Crippen LogP contribution in [0.5, 0.6) is 0 Å². The molecule has 450 valence electrons. The molecule has 1 aromatic heterocycles. The lowest BCUT2D eigenvalue weighted by Crippen LogP contribution is -2.74. The van der Waals surface area contributed by atoms with Gasteiger partial charge in [-0.15, -0.1) is 11.3 Å². The summed E-state index contributed by atoms with van der Waals surface area (Å²) in [7, 11) is -3.61. The van der Waals surface area contributed by atoms with Crippen LogP contribution in [0.2, 0.25) is 5.02 Å². The number of benzene rings is 11. The molecule has 12 rings (SSSR count). The maximum atomic E-state index is 10.4.